The molecule has 5 nitrogen and oxygen atoms in total. The Morgan fingerprint density at radius 1 is 1.39 bits per heavy atom. The van der Waals surface area contributed by atoms with E-state index in [1.165, 1.54) is 5.56 Å². The normalized spacial score (nSPS) is 16.8. The molecule has 0 spiro atoms. The molecule has 23 heavy (non-hydrogen) atoms. The van der Waals surface area contributed by atoms with E-state index < -0.39 is 0 Å². The molecule has 0 aliphatic carbocycles. The fourth-order valence-corrected chi connectivity index (χ4v) is 2.60. The lowest BCUT2D eigenvalue weighted by molar-refractivity contribution is -0.122. The summed E-state index contributed by atoms with van der Waals surface area (Å²) in [5.74, 6) is 0.707. The highest BCUT2D eigenvalue weighted by Crippen LogP contribution is 2.19. The molecule has 2 aromatic rings. The maximum Gasteiger partial charge on any atom is 0.237 e. The number of amides is 1. The highest BCUT2D eigenvalue weighted by atomic mass is 35.5. The number of benzene rings is 1. The van der Waals surface area contributed by atoms with Crippen LogP contribution in [-0.2, 0) is 11.2 Å². The number of carbonyl (C=O) groups excluding carboxylic acids is 1. The van der Waals surface area contributed by atoms with Crippen LogP contribution in [0, 0.1) is 6.92 Å². The summed E-state index contributed by atoms with van der Waals surface area (Å²) in [7, 11) is 0. The number of nitrogens with one attached hydrogen (secondary N) is 2. The number of nitrogens with zero attached hydrogens (tertiary/aromatic N) is 1. The summed E-state index contributed by atoms with van der Waals surface area (Å²) in [4.78, 5) is 16.3. The van der Waals surface area contributed by atoms with Crippen LogP contribution >= 0.6 is 12.4 Å². The maximum atomic E-state index is 11.9. The van der Waals surface area contributed by atoms with Crippen molar-refractivity contribution in [3.8, 4) is 11.5 Å². The van der Waals surface area contributed by atoms with Gasteiger partial charge in [0.25, 0.3) is 0 Å². The molecule has 6 heteroatoms. The van der Waals surface area contributed by atoms with E-state index in [-0.39, 0.29) is 24.4 Å². The number of hydrogen-bond acceptors (Lipinski definition) is 4. The topological polar surface area (TPSA) is 67.2 Å². The van der Waals surface area contributed by atoms with E-state index in [0.717, 1.165) is 30.6 Å². The van der Waals surface area contributed by atoms with Crippen LogP contribution in [0.2, 0.25) is 0 Å². The minimum Gasteiger partial charge on any atom is -0.444 e. The van der Waals surface area contributed by atoms with Gasteiger partial charge >= 0.3 is 0 Å². The molecule has 0 saturated carbocycles. The van der Waals surface area contributed by atoms with E-state index in [0.29, 0.717) is 18.9 Å². The predicted molar refractivity (Wildman–Crippen MR) is 91.7 cm³/mol. The summed E-state index contributed by atoms with van der Waals surface area (Å²) in [6.45, 7) is 3.56. The minimum absolute atomic E-state index is 0. The molecule has 3 rings (SSSR count). The number of aromatic nitrogens is 1. The highest BCUT2D eigenvalue weighted by molar-refractivity contribution is 5.85. The van der Waals surface area contributed by atoms with Crippen LogP contribution in [0.4, 0.5) is 0 Å². The van der Waals surface area contributed by atoms with Crippen LogP contribution in [0.3, 0.4) is 0 Å². The second-order valence-corrected chi connectivity index (χ2v) is 5.70. The number of carbonyl (C=O) groups is 1. The molecule has 1 saturated heterocycles. The molecule has 124 valence electrons. The van der Waals surface area contributed by atoms with E-state index in [4.69, 9.17) is 4.42 Å². The number of hydrogen-bond donors (Lipinski definition) is 2. The Hall–Kier alpha value is -1.85. The van der Waals surface area contributed by atoms with Gasteiger partial charge in [-0.15, -0.1) is 12.4 Å². The highest BCUT2D eigenvalue weighted by Gasteiger charge is 2.21. The zero-order valence-electron chi connectivity index (χ0n) is 13.2. The molecule has 2 N–H and O–H groups in total. The van der Waals surface area contributed by atoms with Crippen molar-refractivity contribution in [1.29, 1.82) is 0 Å². The molecule has 0 bridgehead atoms. The first-order valence-corrected chi connectivity index (χ1v) is 7.75. The second kappa shape index (κ2) is 8.13. The van der Waals surface area contributed by atoms with Crippen LogP contribution < -0.4 is 10.6 Å². The summed E-state index contributed by atoms with van der Waals surface area (Å²) in [6.07, 6.45) is 4.33. The first kappa shape index (κ1) is 17.5. The zero-order chi connectivity index (χ0) is 15.4. The van der Waals surface area contributed by atoms with Gasteiger partial charge in [-0.25, -0.2) is 4.98 Å². The smallest absolute Gasteiger partial charge is 0.237 e. The van der Waals surface area contributed by atoms with Gasteiger partial charge in [0.15, 0.2) is 0 Å². The molecule has 1 aromatic carbocycles. The Bertz CT molecular complexity index is 634. The van der Waals surface area contributed by atoms with Gasteiger partial charge in [-0.2, -0.15) is 0 Å². The first-order valence-electron chi connectivity index (χ1n) is 7.75. The Morgan fingerprint density at radius 2 is 2.17 bits per heavy atom. The third kappa shape index (κ3) is 4.56. The molecule has 1 fully saturated rings. The van der Waals surface area contributed by atoms with Gasteiger partial charge in [0.1, 0.15) is 6.26 Å². The molecule has 1 aliphatic heterocycles. The van der Waals surface area contributed by atoms with Crippen molar-refractivity contribution in [3.05, 3.63) is 41.8 Å². The molecule has 1 aliphatic rings. The summed E-state index contributed by atoms with van der Waals surface area (Å²) in [5.41, 5.74) is 3.03. The average molecular weight is 336 g/mol. The lowest BCUT2D eigenvalue weighted by Gasteiger charge is -2.09. The largest absolute Gasteiger partial charge is 0.444 e. The maximum absolute atomic E-state index is 11.9. The van der Waals surface area contributed by atoms with Gasteiger partial charge in [0.2, 0.25) is 11.8 Å². The van der Waals surface area contributed by atoms with Crippen molar-refractivity contribution < 1.29 is 9.21 Å². The molecule has 1 amide bonds. The van der Waals surface area contributed by atoms with Gasteiger partial charge < -0.3 is 15.1 Å². The van der Waals surface area contributed by atoms with Crippen LogP contribution in [0.25, 0.3) is 11.5 Å². The monoisotopic (exact) mass is 335 g/mol. The zero-order valence-corrected chi connectivity index (χ0v) is 14.0. The lowest BCUT2D eigenvalue weighted by atomic mass is 10.1. The van der Waals surface area contributed by atoms with Gasteiger partial charge in [-0.3, -0.25) is 4.79 Å². The fourth-order valence-electron chi connectivity index (χ4n) is 2.60. The van der Waals surface area contributed by atoms with Gasteiger partial charge in [-0.1, -0.05) is 17.7 Å². The third-order valence-corrected chi connectivity index (χ3v) is 3.91. The molecule has 1 atom stereocenters. The van der Waals surface area contributed by atoms with E-state index in [9.17, 15) is 4.79 Å². The molecular formula is C17H22ClN3O2. The molecular weight excluding hydrogens is 314 g/mol. The summed E-state index contributed by atoms with van der Waals surface area (Å²) in [6, 6.07) is 8.04. The molecule has 0 radical (unpaired) electrons. The second-order valence-electron chi connectivity index (χ2n) is 5.70. The third-order valence-electron chi connectivity index (χ3n) is 3.91. The van der Waals surface area contributed by atoms with E-state index in [1.54, 1.807) is 6.26 Å². The van der Waals surface area contributed by atoms with E-state index in [1.807, 2.05) is 31.2 Å². The summed E-state index contributed by atoms with van der Waals surface area (Å²) in [5, 5.41) is 6.14. The fraction of sp³-hybridized carbons (Fsp3) is 0.412. The van der Waals surface area contributed by atoms with Crippen molar-refractivity contribution in [3.63, 3.8) is 0 Å². The molecule has 2 heterocycles. The lowest BCUT2D eigenvalue weighted by Crippen LogP contribution is -2.41. The van der Waals surface area contributed by atoms with Crippen LogP contribution in [-0.4, -0.2) is 30.0 Å². The number of halogens is 1. The van der Waals surface area contributed by atoms with Crippen molar-refractivity contribution in [2.45, 2.75) is 32.2 Å². The molecule has 1 unspecified atom stereocenters. The minimum atomic E-state index is -0.0274. The summed E-state index contributed by atoms with van der Waals surface area (Å²) >= 11 is 0. The van der Waals surface area contributed by atoms with Crippen LogP contribution in [0.15, 0.2) is 34.9 Å². The summed E-state index contributed by atoms with van der Waals surface area (Å²) < 4.78 is 5.51. The van der Waals surface area contributed by atoms with E-state index in [2.05, 4.69) is 15.6 Å². The van der Waals surface area contributed by atoms with Gasteiger partial charge in [0, 0.05) is 18.5 Å². The Kier molecular flexibility index (Phi) is 6.19. The number of aryl methyl sites for hydroxylation is 1. The predicted octanol–water partition coefficient (Wildman–Crippen LogP) is 2.48. The van der Waals surface area contributed by atoms with Crippen molar-refractivity contribution in [2.75, 3.05) is 13.1 Å². The van der Waals surface area contributed by atoms with Crippen LogP contribution in [0.5, 0.6) is 0 Å². The Morgan fingerprint density at radius 3 is 2.87 bits per heavy atom. The average Bonchev–Trinajstić information content (AvgIpc) is 3.19. The SMILES string of the molecule is Cc1ccc(-c2nc(CCNC(=O)C3CCCN3)co2)cc1.Cl. The number of rotatable bonds is 5. The standard InChI is InChI=1S/C17H21N3O2.ClH/c1-12-4-6-13(7-5-12)17-20-14(11-22-17)8-10-19-16(21)15-3-2-9-18-15;/h4-7,11,15,18H,2-3,8-10H2,1H3,(H,19,21);1H. The van der Waals surface area contributed by atoms with Crippen molar-refractivity contribution in [2.24, 2.45) is 0 Å². The first-order chi connectivity index (χ1) is 10.7. The van der Waals surface area contributed by atoms with Crippen molar-refractivity contribution in [1.82, 2.24) is 15.6 Å². The number of oxazole rings is 1. The Labute approximate surface area is 142 Å². The van der Waals surface area contributed by atoms with Crippen LogP contribution in [0.1, 0.15) is 24.1 Å². The van der Waals surface area contributed by atoms with E-state index >= 15 is 0 Å². The van der Waals surface area contributed by atoms with Gasteiger partial charge in [0.05, 0.1) is 11.7 Å². The van der Waals surface area contributed by atoms with Gasteiger partial charge in [-0.05, 0) is 38.4 Å². The Balaban J connectivity index is 0.00000192. The quantitative estimate of drug-likeness (QED) is 0.881. The van der Waals surface area contributed by atoms with Crippen molar-refractivity contribution >= 4 is 18.3 Å². The molecule has 1 aromatic heterocycles.